The third-order valence-corrected chi connectivity index (χ3v) is 4.38. The molecule has 1 aliphatic rings. The third kappa shape index (κ3) is 3.66. The molecule has 0 saturated carbocycles. The lowest BCUT2D eigenvalue weighted by Gasteiger charge is -2.24. The van der Waals surface area contributed by atoms with Crippen LogP contribution in [0.2, 0.25) is 0 Å². The number of aromatic nitrogens is 1. The van der Waals surface area contributed by atoms with Gasteiger partial charge in [0.15, 0.2) is 0 Å². The number of benzene rings is 1. The number of unbranched alkanes of at least 4 members (excludes halogenated alkanes) is 1. The number of hydrogen-bond acceptors (Lipinski definition) is 3. The highest BCUT2D eigenvalue weighted by Crippen LogP contribution is 2.32. The number of nitrogens with one attached hydrogen (secondary N) is 1. The Hall–Kier alpha value is -1.87. The van der Waals surface area contributed by atoms with Crippen LogP contribution in [0.3, 0.4) is 0 Å². The summed E-state index contributed by atoms with van der Waals surface area (Å²) in [4.78, 5) is 7.21. The minimum Gasteiger partial charge on any atom is -0.340 e. The van der Waals surface area contributed by atoms with Crippen molar-refractivity contribution in [2.75, 3.05) is 18.4 Å². The maximum absolute atomic E-state index is 4.60. The first-order valence-corrected chi connectivity index (χ1v) is 8.39. The standard InChI is InChI=1S/C19H25N3/c1-2-3-13-22-14-7-10-18(22)16-11-12-19(20-15-16)21-17-8-5-4-6-9-17/h4-6,8-9,11-12,15,18H,2-3,7,10,13-14H2,1H3,(H,20,21)/t18-/m0/s1. The molecule has 0 amide bonds. The van der Waals surface area contributed by atoms with Crippen molar-refractivity contribution in [3.63, 3.8) is 0 Å². The van der Waals surface area contributed by atoms with Crippen LogP contribution in [-0.4, -0.2) is 23.0 Å². The Balaban J connectivity index is 1.66. The Morgan fingerprint density at radius 3 is 2.77 bits per heavy atom. The molecule has 1 N–H and O–H groups in total. The molecule has 2 aromatic rings. The molecule has 2 heterocycles. The fraction of sp³-hybridized carbons (Fsp3) is 0.421. The summed E-state index contributed by atoms with van der Waals surface area (Å²) in [6, 6.07) is 15.1. The molecule has 0 bridgehead atoms. The highest BCUT2D eigenvalue weighted by Gasteiger charge is 2.25. The van der Waals surface area contributed by atoms with Crippen molar-refractivity contribution in [3.8, 4) is 0 Å². The molecule has 1 aromatic carbocycles. The molecule has 1 atom stereocenters. The highest BCUT2D eigenvalue weighted by atomic mass is 15.2. The van der Waals surface area contributed by atoms with Crippen molar-refractivity contribution in [2.45, 2.75) is 38.6 Å². The fourth-order valence-corrected chi connectivity index (χ4v) is 3.18. The molecule has 3 rings (SSSR count). The molecule has 1 aliphatic heterocycles. The normalized spacial score (nSPS) is 18.5. The highest BCUT2D eigenvalue weighted by molar-refractivity contribution is 5.55. The second kappa shape index (κ2) is 7.41. The van der Waals surface area contributed by atoms with E-state index >= 15 is 0 Å². The fourth-order valence-electron chi connectivity index (χ4n) is 3.18. The van der Waals surface area contributed by atoms with Gasteiger partial charge in [-0.1, -0.05) is 37.6 Å². The number of likely N-dealkylation sites (tertiary alicyclic amines) is 1. The number of anilines is 2. The van der Waals surface area contributed by atoms with E-state index in [2.05, 4.69) is 46.4 Å². The molecule has 1 aromatic heterocycles. The van der Waals surface area contributed by atoms with Crippen LogP contribution in [0.1, 0.15) is 44.2 Å². The van der Waals surface area contributed by atoms with Crippen LogP contribution in [0.15, 0.2) is 48.7 Å². The molecule has 3 nitrogen and oxygen atoms in total. The summed E-state index contributed by atoms with van der Waals surface area (Å²) in [5.41, 5.74) is 2.43. The Bertz CT molecular complexity index is 565. The van der Waals surface area contributed by atoms with E-state index in [0.717, 1.165) is 11.5 Å². The van der Waals surface area contributed by atoms with Gasteiger partial charge in [-0.3, -0.25) is 4.90 Å². The predicted octanol–water partition coefficient (Wildman–Crippen LogP) is 4.76. The average Bonchev–Trinajstić information content (AvgIpc) is 3.03. The molecular formula is C19H25N3. The number of nitrogens with zero attached hydrogens (tertiary/aromatic N) is 2. The van der Waals surface area contributed by atoms with Gasteiger partial charge >= 0.3 is 0 Å². The summed E-state index contributed by atoms with van der Waals surface area (Å²) < 4.78 is 0. The number of rotatable bonds is 6. The number of para-hydroxylation sites is 1. The van der Waals surface area contributed by atoms with Crippen LogP contribution >= 0.6 is 0 Å². The van der Waals surface area contributed by atoms with E-state index in [1.807, 2.05) is 24.4 Å². The average molecular weight is 295 g/mol. The summed E-state index contributed by atoms with van der Waals surface area (Å²) in [5.74, 6) is 0.910. The summed E-state index contributed by atoms with van der Waals surface area (Å²) in [7, 11) is 0. The van der Waals surface area contributed by atoms with Crippen molar-refractivity contribution in [3.05, 3.63) is 54.2 Å². The lowest BCUT2D eigenvalue weighted by Crippen LogP contribution is -2.24. The number of hydrogen-bond donors (Lipinski definition) is 1. The summed E-state index contributed by atoms with van der Waals surface area (Å²) in [6.07, 6.45) is 7.16. The van der Waals surface area contributed by atoms with Gasteiger partial charge in [0.25, 0.3) is 0 Å². The molecule has 0 radical (unpaired) electrons. The Morgan fingerprint density at radius 1 is 1.18 bits per heavy atom. The molecule has 1 saturated heterocycles. The van der Waals surface area contributed by atoms with E-state index in [9.17, 15) is 0 Å². The summed E-state index contributed by atoms with van der Waals surface area (Å²) in [5, 5.41) is 3.34. The van der Waals surface area contributed by atoms with Crippen LogP contribution in [-0.2, 0) is 0 Å². The number of pyridine rings is 1. The molecule has 22 heavy (non-hydrogen) atoms. The van der Waals surface area contributed by atoms with Crippen LogP contribution in [0.4, 0.5) is 11.5 Å². The molecule has 3 heteroatoms. The van der Waals surface area contributed by atoms with E-state index in [4.69, 9.17) is 0 Å². The van der Waals surface area contributed by atoms with Crippen molar-refractivity contribution >= 4 is 11.5 Å². The van der Waals surface area contributed by atoms with Gasteiger partial charge in [-0.25, -0.2) is 4.98 Å². The van der Waals surface area contributed by atoms with Gasteiger partial charge in [0, 0.05) is 17.9 Å². The first kappa shape index (κ1) is 15.0. The third-order valence-electron chi connectivity index (χ3n) is 4.38. The van der Waals surface area contributed by atoms with Gasteiger partial charge in [-0.2, -0.15) is 0 Å². The second-order valence-electron chi connectivity index (χ2n) is 6.02. The van der Waals surface area contributed by atoms with E-state index in [0.29, 0.717) is 6.04 Å². The largest absolute Gasteiger partial charge is 0.340 e. The zero-order valence-electron chi connectivity index (χ0n) is 13.3. The zero-order valence-corrected chi connectivity index (χ0v) is 13.3. The van der Waals surface area contributed by atoms with Crippen molar-refractivity contribution in [1.82, 2.24) is 9.88 Å². The zero-order chi connectivity index (χ0) is 15.2. The maximum Gasteiger partial charge on any atom is 0.130 e. The van der Waals surface area contributed by atoms with Gasteiger partial charge in [0.1, 0.15) is 5.82 Å². The Kier molecular flexibility index (Phi) is 5.07. The Labute approximate surface area is 133 Å². The molecule has 0 spiro atoms. The van der Waals surface area contributed by atoms with Crippen LogP contribution in [0.5, 0.6) is 0 Å². The summed E-state index contributed by atoms with van der Waals surface area (Å²) >= 11 is 0. The predicted molar refractivity (Wildman–Crippen MR) is 92.4 cm³/mol. The molecule has 0 aliphatic carbocycles. The van der Waals surface area contributed by atoms with Gasteiger partial charge in [-0.15, -0.1) is 0 Å². The van der Waals surface area contributed by atoms with Crippen LogP contribution in [0, 0.1) is 0 Å². The van der Waals surface area contributed by atoms with Gasteiger partial charge in [-0.05, 0) is 56.1 Å². The van der Waals surface area contributed by atoms with E-state index in [-0.39, 0.29) is 0 Å². The van der Waals surface area contributed by atoms with E-state index in [1.54, 1.807) is 0 Å². The minimum atomic E-state index is 0.560. The van der Waals surface area contributed by atoms with Crippen LogP contribution < -0.4 is 5.32 Å². The van der Waals surface area contributed by atoms with E-state index in [1.165, 1.54) is 44.3 Å². The quantitative estimate of drug-likeness (QED) is 0.832. The molecule has 116 valence electrons. The maximum atomic E-state index is 4.60. The molecule has 0 unspecified atom stereocenters. The van der Waals surface area contributed by atoms with Gasteiger partial charge < -0.3 is 5.32 Å². The molecular weight excluding hydrogens is 270 g/mol. The van der Waals surface area contributed by atoms with Gasteiger partial charge in [0.05, 0.1) is 0 Å². The topological polar surface area (TPSA) is 28.2 Å². The van der Waals surface area contributed by atoms with Crippen molar-refractivity contribution in [2.24, 2.45) is 0 Å². The lowest BCUT2D eigenvalue weighted by molar-refractivity contribution is 0.253. The minimum absolute atomic E-state index is 0.560. The lowest BCUT2D eigenvalue weighted by atomic mass is 10.1. The van der Waals surface area contributed by atoms with E-state index < -0.39 is 0 Å². The van der Waals surface area contributed by atoms with Crippen molar-refractivity contribution in [1.29, 1.82) is 0 Å². The first-order valence-electron chi connectivity index (χ1n) is 8.39. The first-order chi connectivity index (χ1) is 10.9. The van der Waals surface area contributed by atoms with Crippen LogP contribution in [0.25, 0.3) is 0 Å². The van der Waals surface area contributed by atoms with Gasteiger partial charge in [0.2, 0.25) is 0 Å². The summed E-state index contributed by atoms with van der Waals surface area (Å²) in [6.45, 7) is 4.70. The second-order valence-corrected chi connectivity index (χ2v) is 6.02. The monoisotopic (exact) mass is 295 g/mol. The Morgan fingerprint density at radius 2 is 2.05 bits per heavy atom. The SMILES string of the molecule is CCCCN1CCC[C@H]1c1ccc(Nc2ccccc2)nc1. The van der Waals surface area contributed by atoms with Crippen molar-refractivity contribution < 1.29 is 0 Å². The molecule has 1 fully saturated rings. The smallest absolute Gasteiger partial charge is 0.130 e.